The summed E-state index contributed by atoms with van der Waals surface area (Å²) in [5, 5.41) is 8.04. The van der Waals surface area contributed by atoms with Crippen molar-refractivity contribution in [3.05, 3.63) is 16.4 Å². The minimum atomic E-state index is 0.367. The monoisotopic (exact) mass is 333 g/mol. The third-order valence-electron chi connectivity index (χ3n) is 2.69. The molecule has 18 heavy (non-hydrogen) atoms. The molecule has 0 amide bonds. The van der Waals surface area contributed by atoms with Gasteiger partial charge in [-0.15, -0.1) is 0 Å². The Morgan fingerprint density at radius 2 is 2.17 bits per heavy atom. The fourth-order valence-corrected chi connectivity index (χ4v) is 3.43. The number of thioether (sulfide) groups is 1. The Morgan fingerprint density at radius 3 is 2.72 bits per heavy atom. The van der Waals surface area contributed by atoms with Gasteiger partial charge in [-0.05, 0) is 48.5 Å². The van der Waals surface area contributed by atoms with Gasteiger partial charge in [0.05, 0.1) is 22.4 Å². The van der Waals surface area contributed by atoms with Crippen molar-refractivity contribution in [2.45, 2.75) is 46.2 Å². The molecule has 1 heterocycles. The van der Waals surface area contributed by atoms with Crippen molar-refractivity contribution < 1.29 is 0 Å². The van der Waals surface area contributed by atoms with Gasteiger partial charge in [0, 0.05) is 11.8 Å². The van der Waals surface area contributed by atoms with Crippen molar-refractivity contribution in [3.63, 3.8) is 0 Å². The Labute approximate surface area is 123 Å². The summed E-state index contributed by atoms with van der Waals surface area (Å²) in [5.74, 6) is 2.31. The lowest BCUT2D eigenvalue weighted by atomic mass is 10.2. The predicted octanol–water partition coefficient (Wildman–Crippen LogP) is 4.02. The van der Waals surface area contributed by atoms with Crippen LogP contribution in [0, 0.1) is 0 Å². The van der Waals surface area contributed by atoms with Gasteiger partial charge in [-0.3, -0.25) is 4.68 Å². The topological polar surface area (TPSA) is 29.9 Å². The van der Waals surface area contributed by atoms with Crippen molar-refractivity contribution in [3.8, 4) is 0 Å². The summed E-state index contributed by atoms with van der Waals surface area (Å²) in [6.45, 7) is 9.70. The van der Waals surface area contributed by atoms with Gasteiger partial charge >= 0.3 is 0 Å². The Balaban J connectivity index is 2.86. The normalized spacial score (nSPS) is 13.2. The van der Waals surface area contributed by atoms with Crippen molar-refractivity contribution in [2.24, 2.45) is 0 Å². The second kappa shape index (κ2) is 8.23. The summed E-state index contributed by atoms with van der Waals surface area (Å²) in [5.41, 5.74) is 1.27. The fraction of sp³-hybridized carbons (Fsp3) is 0.769. The first-order chi connectivity index (χ1) is 8.61. The second-order valence-corrected chi connectivity index (χ2v) is 6.61. The molecule has 1 aromatic rings. The molecule has 1 rings (SSSR count). The maximum Gasteiger partial charge on any atom is 0.0707 e. The molecule has 0 aliphatic heterocycles. The van der Waals surface area contributed by atoms with E-state index in [0.29, 0.717) is 12.1 Å². The number of halogens is 1. The SMILES string of the molecule is CCCSCC(NCC)c1c(Br)cnn1C(C)C. The molecular weight excluding hydrogens is 310 g/mol. The molecule has 0 aromatic carbocycles. The minimum absolute atomic E-state index is 0.367. The van der Waals surface area contributed by atoms with Crippen LogP contribution in [0.25, 0.3) is 0 Å². The van der Waals surface area contributed by atoms with E-state index in [4.69, 9.17) is 0 Å². The van der Waals surface area contributed by atoms with Crippen LogP contribution in [0.5, 0.6) is 0 Å². The predicted molar refractivity (Wildman–Crippen MR) is 84.3 cm³/mol. The standard InChI is InChI=1S/C13H24BrN3S/c1-5-7-18-9-12(15-6-2)13-11(14)8-16-17(13)10(3)4/h8,10,12,15H,5-7,9H2,1-4H3. The largest absolute Gasteiger partial charge is 0.308 e. The van der Waals surface area contributed by atoms with Crippen LogP contribution in [0.15, 0.2) is 10.7 Å². The minimum Gasteiger partial charge on any atom is -0.308 e. The van der Waals surface area contributed by atoms with E-state index in [9.17, 15) is 0 Å². The molecule has 1 atom stereocenters. The molecule has 104 valence electrons. The van der Waals surface area contributed by atoms with E-state index in [1.54, 1.807) is 0 Å². The van der Waals surface area contributed by atoms with Gasteiger partial charge < -0.3 is 5.32 Å². The number of hydrogen-bond acceptors (Lipinski definition) is 3. The summed E-state index contributed by atoms with van der Waals surface area (Å²) in [6, 6.07) is 0.759. The average molecular weight is 334 g/mol. The molecule has 5 heteroatoms. The summed E-state index contributed by atoms with van der Waals surface area (Å²) < 4.78 is 3.23. The average Bonchev–Trinajstić information content (AvgIpc) is 2.70. The maximum absolute atomic E-state index is 4.47. The zero-order valence-corrected chi connectivity index (χ0v) is 14.1. The van der Waals surface area contributed by atoms with Crippen LogP contribution < -0.4 is 5.32 Å². The zero-order valence-electron chi connectivity index (χ0n) is 11.7. The van der Waals surface area contributed by atoms with Crippen LogP contribution in [0.3, 0.4) is 0 Å². The molecular formula is C13H24BrN3S. The van der Waals surface area contributed by atoms with Gasteiger partial charge in [-0.2, -0.15) is 16.9 Å². The van der Waals surface area contributed by atoms with Crippen LogP contribution in [-0.4, -0.2) is 27.8 Å². The quantitative estimate of drug-likeness (QED) is 0.728. The molecule has 0 radical (unpaired) electrons. The molecule has 1 aromatic heterocycles. The Hall–Kier alpha value is 0. The van der Waals surface area contributed by atoms with Crippen LogP contribution >= 0.6 is 27.7 Å². The molecule has 1 N–H and O–H groups in total. The van der Waals surface area contributed by atoms with E-state index in [1.807, 2.05) is 18.0 Å². The molecule has 0 spiro atoms. The van der Waals surface area contributed by atoms with Gasteiger partial charge in [0.1, 0.15) is 0 Å². The number of hydrogen-bond donors (Lipinski definition) is 1. The van der Waals surface area contributed by atoms with E-state index in [2.05, 4.69) is 58.7 Å². The molecule has 0 aliphatic rings. The highest BCUT2D eigenvalue weighted by Crippen LogP contribution is 2.28. The van der Waals surface area contributed by atoms with E-state index in [1.165, 1.54) is 17.9 Å². The van der Waals surface area contributed by atoms with Crippen LogP contribution in [0.4, 0.5) is 0 Å². The third-order valence-corrected chi connectivity index (χ3v) is 4.57. The first-order valence-electron chi connectivity index (χ1n) is 6.65. The molecule has 0 aliphatic carbocycles. The zero-order chi connectivity index (χ0) is 13.5. The van der Waals surface area contributed by atoms with Crippen molar-refractivity contribution >= 4 is 27.7 Å². The smallest absolute Gasteiger partial charge is 0.0707 e. The van der Waals surface area contributed by atoms with Gasteiger partial charge in [0.15, 0.2) is 0 Å². The lowest BCUT2D eigenvalue weighted by Gasteiger charge is -2.21. The second-order valence-electron chi connectivity index (χ2n) is 4.60. The summed E-state index contributed by atoms with van der Waals surface area (Å²) >= 11 is 5.64. The lowest BCUT2D eigenvalue weighted by molar-refractivity contribution is 0.467. The first-order valence-corrected chi connectivity index (χ1v) is 8.60. The van der Waals surface area contributed by atoms with Crippen molar-refractivity contribution in [2.75, 3.05) is 18.1 Å². The fourth-order valence-electron chi connectivity index (χ4n) is 1.91. The van der Waals surface area contributed by atoms with Crippen molar-refractivity contribution in [1.29, 1.82) is 0 Å². The van der Waals surface area contributed by atoms with E-state index < -0.39 is 0 Å². The van der Waals surface area contributed by atoms with E-state index in [-0.39, 0.29) is 0 Å². The number of aromatic nitrogens is 2. The third kappa shape index (κ3) is 4.28. The lowest BCUT2D eigenvalue weighted by Crippen LogP contribution is -2.27. The highest BCUT2D eigenvalue weighted by Gasteiger charge is 2.20. The Bertz CT molecular complexity index is 352. The maximum atomic E-state index is 4.47. The highest BCUT2D eigenvalue weighted by atomic mass is 79.9. The molecule has 1 unspecified atom stereocenters. The van der Waals surface area contributed by atoms with Gasteiger partial charge in [0.25, 0.3) is 0 Å². The van der Waals surface area contributed by atoms with E-state index in [0.717, 1.165) is 16.8 Å². The number of nitrogens with zero attached hydrogens (tertiary/aromatic N) is 2. The van der Waals surface area contributed by atoms with Gasteiger partial charge in [-0.25, -0.2) is 0 Å². The summed E-state index contributed by atoms with van der Waals surface area (Å²) in [7, 11) is 0. The summed E-state index contributed by atoms with van der Waals surface area (Å²) in [6.07, 6.45) is 3.14. The molecule has 0 saturated heterocycles. The highest BCUT2D eigenvalue weighted by molar-refractivity contribution is 9.10. The first kappa shape index (κ1) is 16.1. The van der Waals surface area contributed by atoms with Gasteiger partial charge in [-0.1, -0.05) is 13.8 Å². The Morgan fingerprint density at radius 1 is 1.44 bits per heavy atom. The molecule has 0 bridgehead atoms. The number of rotatable bonds is 8. The van der Waals surface area contributed by atoms with Gasteiger partial charge in [0.2, 0.25) is 0 Å². The van der Waals surface area contributed by atoms with E-state index >= 15 is 0 Å². The van der Waals surface area contributed by atoms with Crippen LogP contribution in [-0.2, 0) is 0 Å². The molecule has 3 nitrogen and oxygen atoms in total. The molecule has 0 fully saturated rings. The number of nitrogens with one attached hydrogen (secondary N) is 1. The molecule has 0 saturated carbocycles. The van der Waals surface area contributed by atoms with Crippen LogP contribution in [0.2, 0.25) is 0 Å². The summed E-state index contributed by atoms with van der Waals surface area (Å²) in [4.78, 5) is 0. The van der Waals surface area contributed by atoms with Crippen molar-refractivity contribution in [1.82, 2.24) is 15.1 Å². The van der Waals surface area contributed by atoms with Crippen LogP contribution in [0.1, 0.15) is 51.9 Å². The Kier molecular flexibility index (Phi) is 7.34.